The Balaban J connectivity index is 1.85. The lowest BCUT2D eigenvalue weighted by Crippen LogP contribution is -2.41. The summed E-state index contributed by atoms with van der Waals surface area (Å²) >= 11 is 0. The van der Waals surface area contributed by atoms with Crippen molar-refractivity contribution in [3.8, 4) is 0 Å². The van der Waals surface area contributed by atoms with Crippen LogP contribution in [0.3, 0.4) is 0 Å². The summed E-state index contributed by atoms with van der Waals surface area (Å²) in [5, 5.41) is 0. The molecule has 0 spiro atoms. The minimum absolute atomic E-state index is 1.03. The summed E-state index contributed by atoms with van der Waals surface area (Å²) < 4.78 is 1.03. The number of quaternary nitrogens is 1. The van der Waals surface area contributed by atoms with E-state index in [1.54, 1.807) is 0 Å². The van der Waals surface area contributed by atoms with Gasteiger partial charge in [-0.25, -0.2) is 4.99 Å². The first-order valence-electron chi connectivity index (χ1n) is 19.4. The van der Waals surface area contributed by atoms with E-state index < -0.39 is 0 Å². The van der Waals surface area contributed by atoms with Crippen molar-refractivity contribution in [2.75, 3.05) is 13.1 Å². The van der Waals surface area contributed by atoms with Crippen molar-refractivity contribution in [1.29, 1.82) is 0 Å². The zero-order valence-electron chi connectivity index (χ0n) is 28.7. The summed E-state index contributed by atoms with van der Waals surface area (Å²) in [6.07, 6.45) is 52.9. The minimum atomic E-state index is 1.03. The van der Waals surface area contributed by atoms with Gasteiger partial charge in [0, 0.05) is 0 Å². The van der Waals surface area contributed by atoms with E-state index in [4.69, 9.17) is 0 Å². The molecule has 0 atom stereocenters. The Hall–Kier alpha value is -0.630. The zero-order chi connectivity index (χ0) is 29.4. The number of hydrogen-bond donors (Lipinski definition) is 0. The first-order valence-corrected chi connectivity index (χ1v) is 19.4. The summed E-state index contributed by atoms with van der Waals surface area (Å²) in [6, 6.07) is 0. The molecule has 1 aliphatic heterocycles. The van der Waals surface area contributed by atoms with E-state index in [1.165, 1.54) is 219 Å². The molecule has 2 heteroatoms. The van der Waals surface area contributed by atoms with E-state index in [-0.39, 0.29) is 0 Å². The van der Waals surface area contributed by atoms with Crippen LogP contribution in [0.2, 0.25) is 0 Å². The smallest absolute Gasteiger partial charge is 0.194 e. The lowest BCUT2D eigenvalue weighted by molar-refractivity contribution is -0.780. The topological polar surface area (TPSA) is 12.4 Å². The Kier molecular flexibility index (Phi) is 28.9. The second-order valence-electron chi connectivity index (χ2n) is 13.7. The van der Waals surface area contributed by atoms with Crippen LogP contribution in [0.4, 0.5) is 0 Å². The predicted octanol–water partition coefficient (Wildman–Crippen LogP) is 13.8. The van der Waals surface area contributed by atoms with Crippen molar-refractivity contribution >= 4 is 6.34 Å². The van der Waals surface area contributed by atoms with E-state index in [0.717, 1.165) is 4.48 Å². The van der Waals surface area contributed by atoms with Gasteiger partial charge < -0.3 is 0 Å². The normalized spacial score (nSPS) is 14.0. The monoisotopic (exact) mass is 574 g/mol. The van der Waals surface area contributed by atoms with Gasteiger partial charge in [0.25, 0.3) is 0 Å². The van der Waals surface area contributed by atoms with Crippen LogP contribution < -0.4 is 0 Å². The fourth-order valence-corrected chi connectivity index (χ4v) is 6.67. The standard InChI is InChI=1S/C39H77N2/c1-3-5-7-9-11-13-15-17-19-21-23-25-27-29-31-33-36-41(38-35-40-39-41)37-34-32-30-28-26-24-22-20-18-16-14-12-10-8-6-4-2/h35,38-39H,3-34,36-37H2,1-2H3/q+1. The summed E-state index contributed by atoms with van der Waals surface area (Å²) in [4.78, 5) is 4.49. The first-order chi connectivity index (χ1) is 20.3. The van der Waals surface area contributed by atoms with Crippen molar-refractivity contribution in [2.24, 2.45) is 4.99 Å². The molecule has 0 aromatic heterocycles. The van der Waals surface area contributed by atoms with Crippen LogP contribution in [-0.4, -0.2) is 23.9 Å². The fourth-order valence-electron chi connectivity index (χ4n) is 6.67. The molecule has 1 aliphatic rings. The molecular weight excluding hydrogens is 496 g/mol. The Morgan fingerprint density at radius 2 is 0.585 bits per heavy atom. The van der Waals surface area contributed by atoms with Gasteiger partial charge in [-0.1, -0.05) is 194 Å². The molecule has 242 valence electrons. The van der Waals surface area contributed by atoms with Crippen LogP contribution in [0.15, 0.2) is 17.4 Å². The molecule has 0 aromatic rings. The van der Waals surface area contributed by atoms with E-state index in [1.807, 2.05) is 6.20 Å². The average molecular weight is 574 g/mol. The van der Waals surface area contributed by atoms with Gasteiger partial charge in [0.15, 0.2) is 6.34 Å². The van der Waals surface area contributed by atoms with Crippen LogP contribution in [0.5, 0.6) is 0 Å². The van der Waals surface area contributed by atoms with Crippen LogP contribution in [-0.2, 0) is 0 Å². The highest BCUT2D eigenvalue weighted by molar-refractivity contribution is 5.50. The average Bonchev–Trinajstić information content (AvgIpc) is 3.45. The minimum Gasteiger partial charge on any atom is -0.254 e. The fraction of sp³-hybridized carbons (Fsp3) is 0.923. The van der Waals surface area contributed by atoms with Gasteiger partial charge in [0.2, 0.25) is 0 Å². The SMILES string of the molecule is CCCCCCCCCCCCCCCCCC[N+]1(CCCCCCCCCCCCCCCCCC)C=CN=C1. The maximum atomic E-state index is 4.49. The molecule has 0 saturated heterocycles. The zero-order valence-corrected chi connectivity index (χ0v) is 28.7. The molecule has 1 rings (SSSR count). The highest BCUT2D eigenvalue weighted by Gasteiger charge is 2.24. The lowest BCUT2D eigenvalue weighted by atomic mass is 10.0. The summed E-state index contributed by atoms with van der Waals surface area (Å²) in [5.74, 6) is 0. The van der Waals surface area contributed by atoms with Crippen LogP contribution in [0, 0.1) is 0 Å². The largest absolute Gasteiger partial charge is 0.254 e. The molecule has 0 N–H and O–H groups in total. The van der Waals surface area contributed by atoms with E-state index >= 15 is 0 Å². The molecule has 0 amide bonds. The van der Waals surface area contributed by atoms with Crippen molar-refractivity contribution in [2.45, 2.75) is 219 Å². The Bertz CT molecular complexity index is 516. The summed E-state index contributed by atoms with van der Waals surface area (Å²) in [6.45, 7) is 7.14. The van der Waals surface area contributed by atoms with Crippen LogP contribution in [0.25, 0.3) is 0 Å². The highest BCUT2D eigenvalue weighted by atomic mass is 15.4. The second-order valence-corrected chi connectivity index (χ2v) is 13.7. The van der Waals surface area contributed by atoms with Gasteiger partial charge in [-0.3, -0.25) is 4.48 Å². The van der Waals surface area contributed by atoms with Crippen molar-refractivity contribution in [1.82, 2.24) is 0 Å². The third kappa shape index (κ3) is 25.6. The predicted molar refractivity (Wildman–Crippen MR) is 187 cm³/mol. The third-order valence-corrected chi connectivity index (χ3v) is 9.60. The number of aliphatic imine (C=N–C) groups is 1. The van der Waals surface area contributed by atoms with Crippen LogP contribution >= 0.6 is 0 Å². The van der Waals surface area contributed by atoms with Gasteiger partial charge in [-0.05, 0) is 25.7 Å². The summed E-state index contributed by atoms with van der Waals surface area (Å²) in [7, 11) is 0. The van der Waals surface area contributed by atoms with Crippen molar-refractivity contribution in [3.05, 3.63) is 12.4 Å². The molecule has 0 aliphatic carbocycles. The quantitative estimate of drug-likeness (QED) is 0.0536. The van der Waals surface area contributed by atoms with Gasteiger partial charge in [-0.15, -0.1) is 0 Å². The molecule has 0 unspecified atom stereocenters. The molecule has 0 radical (unpaired) electrons. The number of hydrogen-bond acceptors (Lipinski definition) is 1. The molecule has 0 saturated carbocycles. The van der Waals surface area contributed by atoms with E-state index in [9.17, 15) is 0 Å². The Labute approximate surface area is 260 Å². The maximum Gasteiger partial charge on any atom is 0.194 e. The Morgan fingerprint density at radius 1 is 0.341 bits per heavy atom. The third-order valence-electron chi connectivity index (χ3n) is 9.60. The van der Waals surface area contributed by atoms with E-state index in [0.29, 0.717) is 0 Å². The van der Waals surface area contributed by atoms with Crippen molar-refractivity contribution in [3.63, 3.8) is 0 Å². The molecular formula is C39H77N2+. The lowest BCUT2D eigenvalue weighted by Gasteiger charge is -2.27. The molecule has 1 heterocycles. The van der Waals surface area contributed by atoms with Gasteiger partial charge in [0.1, 0.15) is 6.20 Å². The number of rotatable bonds is 34. The highest BCUT2D eigenvalue weighted by Crippen LogP contribution is 2.19. The Morgan fingerprint density at radius 3 is 0.805 bits per heavy atom. The van der Waals surface area contributed by atoms with Crippen LogP contribution in [0.1, 0.15) is 219 Å². The molecule has 2 nitrogen and oxygen atoms in total. The molecule has 41 heavy (non-hydrogen) atoms. The maximum absolute atomic E-state index is 4.49. The van der Waals surface area contributed by atoms with E-state index in [2.05, 4.69) is 31.4 Å². The van der Waals surface area contributed by atoms with Gasteiger partial charge >= 0.3 is 0 Å². The van der Waals surface area contributed by atoms with Gasteiger partial charge in [-0.2, -0.15) is 0 Å². The molecule has 0 bridgehead atoms. The number of nitrogens with zero attached hydrogens (tertiary/aromatic N) is 2. The number of unbranched alkanes of at least 4 members (excludes halogenated alkanes) is 30. The molecule has 0 fully saturated rings. The summed E-state index contributed by atoms with van der Waals surface area (Å²) in [5.41, 5.74) is 0. The first kappa shape index (κ1) is 38.4. The van der Waals surface area contributed by atoms with Gasteiger partial charge in [0.05, 0.1) is 19.3 Å². The van der Waals surface area contributed by atoms with Crippen molar-refractivity contribution < 1.29 is 4.48 Å². The second kappa shape index (κ2) is 30.8. The molecule has 0 aromatic carbocycles.